The second-order valence-corrected chi connectivity index (χ2v) is 17.3. The number of rotatable bonds is 15. The molecule has 7 rings (SSSR count). The average molecular weight is 1220 g/mol. The molecule has 0 aliphatic rings. The molecular weight excluding hydrogens is 1130 g/mol. The Balaban J connectivity index is -0.000000114. The number of nitrogens with two attached hydrogens (primary N) is 1. The van der Waals surface area contributed by atoms with E-state index >= 15 is 0 Å². The van der Waals surface area contributed by atoms with Crippen molar-refractivity contribution in [2.24, 2.45) is 5.73 Å². The van der Waals surface area contributed by atoms with Crippen molar-refractivity contribution in [2.45, 2.75) is 101 Å². The number of phenols is 2. The summed E-state index contributed by atoms with van der Waals surface area (Å²) in [5.41, 5.74) is 7.49. The number of amides is 2. The number of furan rings is 3. The fourth-order valence-electron chi connectivity index (χ4n) is 6.63. The minimum atomic E-state index is -0.726. The number of methoxy groups -OCH3 is 1. The third-order valence-corrected chi connectivity index (χ3v) is 10.9. The Hall–Kier alpha value is -4.92. The van der Waals surface area contributed by atoms with Crippen LogP contribution in [0.5, 0.6) is 17.2 Å². The number of anilines is 5. The Morgan fingerprint density at radius 3 is 1.39 bits per heavy atom. The van der Waals surface area contributed by atoms with Gasteiger partial charge in [-0.2, -0.15) is 0 Å². The van der Waals surface area contributed by atoms with E-state index in [1.807, 2.05) is 71.0 Å². The molecule has 82 heavy (non-hydrogen) atoms. The monoisotopic (exact) mass is 1220 g/mol. The molecule has 0 bridgehead atoms. The Bertz CT molecular complexity index is 3140. The van der Waals surface area contributed by atoms with Crippen molar-refractivity contribution >= 4 is 116 Å². The summed E-state index contributed by atoms with van der Waals surface area (Å²) in [7, 11) is 8.53. The van der Waals surface area contributed by atoms with Crippen LogP contribution in [0.4, 0.5) is 28.4 Å². The summed E-state index contributed by atoms with van der Waals surface area (Å²) in [5, 5.41) is 43.9. The van der Waals surface area contributed by atoms with E-state index in [9.17, 15) is 39.0 Å². The van der Waals surface area contributed by atoms with Crippen LogP contribution >= 0.6 is 0 Å². The average Bonchev–Trinajstić information content (AvgIpc) is 4.20. The summed E-state index contributed by atoms with van der Waals surface area (Å²) in [5.74, 6) is 3.91. The number of quaternary nitrogens is 1. The van der Waals surface area contributed by atoms with Gasteiger partial charge in [0, 0.05) is 44.7 Å². The zero-order chi connectivity index (χ0) is 59.7. The second kappa shape index (κ2) is 42.0. The molecular formula is C57H89Ca2N7NaO15+. The molecule has 446 valence electrons. The first-order chi connectivity index (χ1) is 36.8. The number of nitrogens with zero attached hydrogens (tertiary/aromatic N) is 2. The van der Waals surface area contributed by atoms with Crippen LogP contribution in [-0.4, -0.2) is 165 Å². The van der Waals surface area contributed by atoms with E-state index in [2.05, 4.69) is 35.2 Å². The van der Waals surface area contributed by atoms with E-state index in [-0.39, 0.29) is 218 Å². The number of phenolic OH excluding ortho intramolecular Hbond substituents is 2. The van der Waals surface area contributed by atoms with Crippen LogP contribution in [0.2, 0.25) is 0 Å². The van der Waals surface area contributed by atoms with Gasteiger partial charge in [-0.15, -0.1) is 0 Å². The van der Waals surface area contributed by atoms with Crippen molar-refractivity contribution in [3.05, 3.63) is 172 Å². The van der Waals surface area contributed by atoms with Gasteiger partial charge in [0.2, 0.25) is 0 Å². The van der Waals surface area contributed by atoms with Crippen LogP contribution in [0, 0.1) is 20.8 Å². The standard InChI is InChI=1S/C21H23N3O5.C14H14N2O5.2C8H13NO.C3H6O.CH4O.2CH4.2Ca.Na.H2O.H2.4H/c1-5-13(15-10-9-11(2)29-15)22-16-17(20(27)19(16)26)23-14-8-6-7-12(18(14)25)21(28)24(3)4;1-16(2)14(20)7-5-4-6-8(10(7)17)15-9-11(18)12(19)13(9)21-3;2*1-3-7(9)8-5-4-6(2)10-8;1-3(2)4;1-2;;;;;;;;;;;/h6-10,13,22-23,25H,5H2,1-4H3;4-6,15,17H,1-3H3;2*4-5,7H,3,9H2,1-2H3;4H,1H2,2H3;2H,1H3;2*1H4;;;;1H2;1H;;;;/q;;;;;;;;2*+2;+1;;;4*-1/t13-;;2*7-;;;;;;;;;;;;;/m1.11............./s1/i;;;;;;;;;;;;1+1D;;;;. The maximum Gasteiger partial charge on any atom is 2.00 e. The molecule has 0 saturated heterocycles. The molecule has 25 heteroatoms. The molecule has 7 aromatic rings. The van der Waals surface area contributed by atoms with Gasteiger partial charge in [-0.25, -0.2) is 0 Å². The van der Waals surface area contributed by atoms with E-state index in [0.29, 0.717) is 18.2 Å². The number of hydrogen-bond acceptors (Lipinski definition) is 19. The van der Waals surface area contributed by atoms with E-state index in [4.69, 9.17) is 36.9 Å². The molecule has 0 fully saturated rings. The van der Waals surface area contributed by atoms with Crippen LogP contribution in [-0.2, 0) is 0 Å². The molecule has 0 unspecified atom stereocenters. The van der Waals surface area contributed by atoms with E-state index < -0.39 is 21.7 Å². The van der Waals surface area contributed by atoms with Gasteiger partial charge < -0.3 is 86.8 Å². The van der Waals surface area contributed by atoms with Gasteiger partial charge in [0.15, 0.2) is 23.0 Å². The fourth-order valence-corrected chi connectivity index (χ4v) is 6.63. The first-order valence-electron chi connectivity index (χ1n) is 25.0. The normalized spacial score (nSPS) is 10.7. The number of hydrogen-bond donors (Lipinski definition) is 9. The summed E-state index contributed by atoms with van der Waals surface area (Å²) in [6, 6.07) is 20.7. The minimum Gasteiger partial charge on any atom is -1.00 e. The number of allylic oxidation sites excluding steroid dienone is 1. The minimum absolute atomic E-state index is 0. The number of aliphatic hydroxyl groups is 2. The Kier molecular flexibility index (Phi) is 42.8. The quantitative estimate of drug-likeness (QED) is 0.0271. The number of para-hydroxylation sites is 2. The van der Waals surface area contributed by atoms with Crippen molar-refractivity contribution in [2.75, 3.05) is 58.4 Å². The maximum atomic E-state index is 12.2. The third kappa shape index (κ3) is 24.4. The molecule has 0 spiro atoms. The number of aliphatic hydroxyl groups excluding tert-OH is 2. The molecule has 13 N–H and O–H groups in total. The third-order valence-electron chi connectivity index (χ3n) is 10.9. The Labute approximate surface area is 571 Å². The zero-order valence-corrected chi connectivity index (χ0v) is 54.8. The molecule has 3 aromatic heterocycles. The van der Waals surface area contributed by atoms with Crippen LogP contribution in [0.3, 0.4) is 0 Å². The van der Waals surface area contributed by atoms with Crippen molar-refractivity contribution in [1.29, 1.82) is 0 Å². The van der Waals surface area contributed by atoms with E-state index in [0.717, 1.165) is 48.8 Å². The number of ether oxygens (including phenoxy) is 1. The maximum absolute atomic E-state index is 12.2. The number of carbonyl (C=O) groups is 2. The number of carbonyl (C=O) groups excluding carboxylic acids is 2. The number of aryl methyl sites for hydroxylation is 3. The van der Waals surface area contributed by atoms with E-state index in [1.54, 1.807) is 40.3 Å². The van der Waals surface area contributed by atoms with Gasteiger partial charge in [0.25, 0.3) is 33.5 Å². The smallest absolute Gasteiger partial charge is 1.00 e. The number of nitrogens with one attached hydrogen (secondary N) is 3. The molecule has 0 aliphatic carbocycles. The van der Waals surface area contributed by atoms with Crippen LogP contribution in [0.15, 0.2) is 118 Å². The molecule has 0 radical (unpaired) electrons. The van der Waals surface area contributed by atoms with Crippen LogP contribution < -0.4 is 83.4 Å². The molecule has 3 atom stereocenters. The largest absolute Gasteiger partial charge is 2.00 e. The van der Waals surface area contributed by atoms with E-state index in [1.165, 1.54) is 48.1 Å². The molecule has 0 saturated carbocycles. The first-order valence-corrected chi connectivity index (χ1v) is 24.0. The molecule has 2 amide bonds. The Morgan fingerprint density at radius 2 is 1.05 bits per heavy atom. The zero-order valence-electron chi connectivity index (χ0n) is 54.4. The van der Waals surface area contributed by atoms with Gasteiger partial charge >= 0.3 is 105 Å². The van der Waals surface area contributed by atoms with Gasteiger partial charge in [-0.3, -0.25) is 28.8 Å². The van der Waals surface area contributed by atoms with Crippen molar-refractivity contribution < 1.29 is 97.4 Å². The SMILES string of the molecule is C.C.C=C(C)O.CC[C@@H](N)c1ccc(C)o1.CC[C@@H](Nc1c(Nc2cccc(C(=O)N(C)C)c2O)c(=O)c1=O)c1ccc(C)o1.CC[C@@H]([NH3+])c1ccc(C)o1.CO.COc1c(Nc2cccc(C(=O)N(C)C)c2O)c(=O)c1=O.[2H][2H].[Ca+2].[Ca+2].[H-].[H-].[H-].[H-].[Na+].[OH-]. The predicted molar refractivity (Wildman–Crippen MR) is 327 cm³/mol. The molecule has 4 aromatic carbocycles. The predicted octanol–water partition coefficient (Wildman–Crippen LogP) is 5.34. The number of aromatic hydroxyl groups is 2. The second-order valence-electron chi connectivity index (χ2n) is 17.3. The summed E-state index contributed by atoms with van der Waals surface area (Å²) in [4.78, 5) is 73.7. The molecule has 0 aliphatic heterocycles. The van der Waals surface area contributed by atoms with Crippen LogP contribution in [0.25, 0.3) is 0 Å². The number of benzene rings is 2. The van der Waals surface area contributed by atoms with Crippen molar-refractivity contribution in [3.8, 4) is 17.2 Å². The van der Waals surface area contributed by atoms with Gasteiger partial charge in [-0.05, 0) is 101 Å². The molecule has 3 heterocycles. The fraction of sp³-hybridized carbons (Fsp3) is 0.368. The first kappa shape index (κ1) is 83.5. The summed E-state index contributed by atoms with van der Waals surface area (Å²) >= 11 is 0. The molecule has 22 nitrogen and oxygen atoms in total. The van der Waals surface area contributed by atoms with Crippen molar-refractivity contribution in [3.63, 3.8) is 0 Å². The van der Waals surface area contributed by atoms with Gasteiger partial charge in [0.1, 0.15) is 51.9 Å². The Morgan fingerprint density at radius 1 is 0.683 bits per heavy atom. The summed E-state index contributed by atoms with van der Waals surface area (Å²) < 4.78 is 31.1. The topological polar surface area (TPSA) is 358 Å². The van der Waals surface area contributed by atoms with Gasteiger partial charge in [0.05, 0.1) is 47.5 Å². The summed E-state index contributed by atoms with van der Waals surface area (Å²) in [6.45, 7) is 16.4. The summed E-state index contributed by atoms with van der Waals surface area (Å²) in [6.07, 6.45) is 2.59. The van der Waals surface area contributed by atoms with Crippen molar-refractivity contribution in [1.82, 2.24) is 9.80 Å². The van der Waals surface area contributed by atoms with Gasteiger partial charge in [-0.1, -0.05) is 54.3 Å². The van der Waals surface area contributed by atoms with Crippen LogP contribution in [0.1, 0.15) is 144 Å².